The van der Waals surface area contributed by atoms with Crippen LogP contribution in [0.3, 0.4) is 0 Å². The fraction of sp³-hybridized carbons (Fsp3) is 0.500. The summed E-state index contributed by atoms with van der Waals surface area (Å²) < 4.78 is 5.02. The van der Waals surface area contributed by atoms with Crippen LogP contribution in [0.25, 0.3) is 0 Å². The molecule has 1 heterocycles. The summed E-state index contributed by atoms with van der Waals surface area (Å²) >= 11 is 0. The van der Waals surface area contributed by atoms with Gasteiger partial charge in [-0.25, -0.2) is 0 Å². The maximum absolute atomic E-state index is 11.0. The fourth-order valence-corrected chi connectivity index (χ4v) is 0.836. The molecule has 1 aliphatic rings. The van der Waals surface area contributed by atoms with Gasteiger partial charge in [-0.2, -0.15) is 0 Å². The Morgan fingerprint density at radius 2 is 2.60 bits per heavy atom. The molecule has 1 atom stereocenters. The number of nitrogens with one attached hydrogen (secondary N) is 1. The van der Waals surface area contributed by atoms with Crippen LogP contribution in [0.15, 0.2) is 11.8 Å². The molecule has 0 radical (unpaired) electrons. The third-order valence-corrected chi connectivity index (χ3v) is 1.43. The van der Waals surface area contributed by atoms with Gasteiger partial charge in [0.1, 0.15) is 6.10 Å². The van der Waals surface area contributed by atoms with Crippen molar-refractivity contribution in [3.63, 3.8) is 0 Å². The van der Waals surface area contributed by atoms with Gasteiger partial charge in [-0.15, -0.1) is 0 Å². The molecule has 0 aliphatic carbocycles. The lowest BCUT2D eigenvalue weighted by Gasteiger charge is -1.93. The lowest BCUT2D eigenvalue weighted by molar-refractivity contribution is -0.119. The monoisotopic (exact) mass is 142 g/mol. The summed E-state index contributed by atoms with van der Waals surface area (Å²) in [6, 6.07) is 0. The van der Waals surface area contributed by atoms with Crippen molar-refractivity contribution in [2.45, 2.75) is 13.0 Å². The lowest BCUT2D eigenvalue weighted by Crippen LogP contribution is -2.17. The number of ether oxygens (including phenoxy) is 1. The molecule has 1 rings (SSSR count). The number of Topliss-reactive ketones (excluding diaryl/α,β-unsaturated/α-hetero) is 1. The standard InChI is InChI=1S/C6H10N2O2/c1-4-6(9)5(2-8-7)3-10-4/h2,4,8H,3,7H2,1H3/b5-2-. The number of hydrogen-bond acceptors (Lipinski definition) is 4. The molecule has 4 nitrogen and oxygen atoms in total. The molecular weight excluding hydrogens is 132 g/mol. The predicted molar refractivity (Wildman–Crippen MR) is 35.8 cm³/mol. The summed E-state index contributed by atoms with van der Waals surface area (Å²) in [5.41, 5.74) is 2.90. The molecule has 0 aromatic heterocycles. The smallest absolute Gasteiger partial charge is 0.191 e. The van der Waals surface area contributed by atoms with E-state index >= 15 is 0 Å². The van der Waals surface area contributed by atoms with E-state index in [0.29, 0.717) is 12.2 Å². The predicted octanol–water partition coefficient (Wildman–Crippen LogP) is -0.679. The van der Waals surface area contributed by atoms with Gasteiger partial charge in [-0.1, -0.05) is 0 Å². The molecule has 0 bridgehead atoms. The van der Waals surface area contributed by atoms with Crippen LogP contribution < -0.4 is 11.3 Å². The molecule has 0 spiro atoms. The number of nitrogens with two attached hydrogens (primary N) is 1. The van der Waals surface area contributed by atoms with E-state index in [4.69, 9.17) is 10.6 Å². The first-order valence-corrected chi connectivity index (χ1v) is 3.06. The van der Waals surface area contributed by atoms with Crippen molar-refractivity contribution < 1.29 is 9.53 Å². The lowest BCUT2D eigenvalue weighted by atomic mass is 10.2. The molecule has 1 aliphatic heterocycles. The van der Waals surface area contributed by atoms with Crippen LogP contribution in [0.1, 0.15) is 6.92 Å². The quantitative estimate of drug-likeness (QED) is 0.289. The highest BCUT2D eigenvalue weighted by atomic mass is 16.5. The topological polar surface area (TPSA) is 64.3 Å². The third-order valence-electron chi connectivity index (χ3n) is 1.43. The molecule has 10 heavy (non-hydrogen) atoms. The number of rotatable bonds is 1. The van der Waals surface area contributed by atoms with E-state index in [1.807, 2.05) is 0 Å². The Balaban J connectivity index is 2.66. The molecule has 1 unspecified atom stereocenters. The van der Waals surface area contributed by atoms with Crippen molar-refractivity contribution >= 4 is 5.78 Å². The van der Waals surface area contributed by atoms with E-state index in [2.05, 4.69) is 5.43 Å². The van der Waals surface area contributed by atoms with Crippen LogP contribution in [-0.2, 0) is 9.53 Å². The number of hydrogen-bond donors (Lipinski definition) is 2. The average molecular weight is 142 g/mol. The molecule has 1 saturated heterocycles. The van der Waals surface area contributed by atoms with Crippen molar-refractivity contribution in [1.82, 2.24) is 5.43 Å². The van der Waals surface area contributed by atoms with Gasteiger partial charge >= 0.3 is 0 Å². The molecule has 0 saturated carbocycles. The van der Waals surface area contributed by atoms with Gasteiger partial charge in [0.15, 0.2) is 5.78 Å². The maximum Gasteiger partial charge on any atom is 0.191 e. The maximum atomic E-state index is 11.0. The summed E-state index contributed by atoms with van der Waals surface area (Å²) in [4.78, 5) is 11.0. The zero-order valence-electron chi connectivity index (χ0n) is 5.76. The van der Waals surface area contributed by atoms with Crippen LogP contribution >= 0.6 is 0 Å². The zero-order chi connectivity index (χ0) is 7.56. The molecule has 1 fully saturated rings. The van der Waals surface area contributed by atoms with Gasteiger partial charge < -0.3 is 10.2 Å². The summed E-state index contributed by atoms with van der Waals surface area (Å²) in [6.45, 7) is 2.09. The Bertz CT molecular complexity index is 177. The Hall–Kier alpha value is -0.870. The largest absolute Gasteiger partial charge is 0.365 e. The SMILES string of the molecule is CC1OC/C(=C/NN)C1=O. The van der Waals surface area contributed by atoms with Crippen molar-refractivity contribution in [3.05, 3.63) is 11.8 Å². The van der Waals surface area contributed by atoms with Crippen LogP contribution in [0.2, 0.25) is 0 Å². The minimum atomic E-state index is -0.306. The number of carbonyl (C=O) groups excluding carboxylic acids is 1. The highest BCUT2D eigenvalue weighted by Gasteiger charge is 2.25. The zero-order valence-corrected chi connectivity index (χ0v) is 5.76. The first-order valence-electron chi connectivity index (χ1n) is 3.06. The first kappa shape index (κ1) is 7.24. The first-order chi connectivity index (χ1) is 4.75. The van der Waals surface area contributed by atoms with Crippen LogP contribution in [0.4, 0.5) is 0 Å². The van der Waals surface area contributed by atoms with E-state index in [1.54, 1.807) is 6.92 Å². The van der Waals surface area contributed by atoms with E-state index in [-0.39, 0.29) is 11.9 Å². The molecule has 0 amide bonds. The van der Waals surface area contributed by atoms with Gasteiger partial charge in [-0.3, -0.25) is 10.6 Å². The van der Waals surface area contributed by atoms with Gasteiger partial charge in [0.2, 0.25) is 0 Å². The highest BCUT2D eigenvalue weighted by molar-refractivity contribution is 6.00. The number of hydrazine groups is 1. The summed E-state index contributed by atoms with van der Waals surface area (Å²) in [7, 11) is 0. The van der Waals surface area contributed by atoms with Crippen LogP contribution in [-0.4, -0.2) is 18.5 Å². The molecule has 3 N–H and O–H groups in total. The molecular formula is C6H10N2O2. The molecule has 0 aromatic carbocycles. The van der Waals surface area contributed by atoms with Gasteiger partial charge in [0.05, 0.1) is 6.61 Å². The van der Waals surface area contributed by atoms with Gasteiger partial charge in [0, 0.05) is 11.8 Å². The fourth-order valence-electron chi connectivity index (χ4n) is 0.836. The number of carbonyl (C=O) groups is 1. The van der Waals surface area contributed by atoms with Crippen molar-refractivity contribution in [2.75, 3.05) is 6.61 Å². The minimum absolute atomic E-state index is 0.0120. The summed E-state index contributed by atoms with van der Waals surface area (Å²) in [6.07, 6.45) is 1.16. The highest BCUT2D eigenvalue weighted by Crippen LogP contribution is 2.12. The molecule has 56 valence electrons. The Labute approximate surface area is 59.0 Å². The minimum Gasteiger partial charge on any atom is -0.365 e. The van der Waals surface area contributed by atoms with Crippen LogP contribution in [0, 0.1) is 0 Å². The van der Waals surface area contributed by atoms with Gasteiger partial charge in [-0.05, 0) is 6.92 Å². The average Bonchev–Trinajstić information content (AvgIpc) is 2.20. The molecule has 4 heteroatoms. The normalized spacial score (nSPS) is 29.6. The van der Waals surface area contributed by atoms with E-state index < -0.39 is 0 Å². The molecule has 0 aromatic rings. The second kappa shape index (κ2) is 2.81. The van der Waals surface area contributed by atoms with Crippen LogP contribution in [0.5, 0.6) is 0 Å². The second-order valence-corrected chi connectivity index (χ2v) is 2.15. The third kappa shape index (κ3) is 1.17. The Morgan fingerprint density at radius 1 is 1.90 bits per heavy atom. The summed E-state index contributed by atoms with van der Waals surface area (Å²) in [5, 5.41) is 0. The Morgan fingerprint density at radius 3 is 3.00 bits per heavy atom. The Kier molecular flexibility index (Phi) is 2.03. The van der Waals surface area contributed by atoms with E-state index in [9.17, 15) is 4.79 Å². The number of ketones is 1. The summed E-state index contributed by atoms with van der Waals surface area (Å²) in [5.74, 6) is 4.99. The van der Waals surface area contributed by atoms with Crippen molar-refractivity contribution in [2.24, 2.45) is 5.84 Å². The van der Waals surface area contributed by atoms with E-state index in [0.717, 1.165) is 0 Å². The van der Waals surface area contributed by atoms with Gasteiger partial charge in [0.25, 0.3) is 0 Å². The van der Waals surface area contributed by atoms with E-state index in [1.165, 1.54) is 6.20 Å². The van der Waals surface area contributed by atoms with Crippen molar-refractivity contribution in [1.29, 1.82) is 0 Å². The van der Waals surface area contributed by atoms with Crippen molar-refractivity contribution in [3.8, 4) is 0 Å². The second-order valence-electron chi connectivity index (χ2n) is 2.15.